The Morgan fingerprint density at radius 2 is 1.90 bits per heavy atom. The summed E-state index contributed by atoms with van der Waals surface area (Å²) in [6.45, 7) is 1.69. The van der Waals surface area contributed by atoms with Gasteiger partial charge in [0.2, 0.25) is 0 Å². The average molecular weight is 416 g/mol. The smallest absolute Gasteiger partial charge is 0.319 e. The Hall–Kier alpha value is -3.04. The monoisotopic (exact) mass is 416 g/mol. The van der Waals surface area contributed by atoms with Gasteiger partial charge in [-0.25, -0.2) is 23.5 Å². The maximum atomic E-state index is 13.2. The van der Waals surface area contributed by atoms with Gasteiger partial charge in [0.1, 0.15) is 0 Å². The summed E-state index contributed by atoms with van der Waals surface area (Å²) in [7, 11) is 0. The molecule has 3 rings (SSSR count). The van der Waals surface area contributed by atoms with Gasteiger partial charge in [-0.15, -0.1) is 0 Å². The molecule has 0 saturated heterocycles. The second-order valence-electron chi connectivity index (χ2n) is 6.13. The lowest BCUT2D eigenvalue weighted by Gasteiger charge is -2.14. The summed E-state index contributed by atoms with van der Waals surface area (Å²) in [5.74, 6) is -2.05. The normalized spacial score (nSPS) is 11.7. The number of hydrogen-bond donors (Lipinski definition) is 3. The highest BCUT2D eigenvalue weighted by atomic mass is 32.2. The number of rotatable bonds is 6. The number of urea groups is 1. The van der Waals surface area contributed by atoms with E-state index >= 15 is 0 Å². The van der Waals surface area contributed by atoms with Gasteiger partial charge < -0.3 is 15.7 Å². The van der Waals surface area contributed by atoms with Crippen LogP contribution in [0.15, 0.2) is 64.9 Å². The summed E-state index contributed by atoms with van der Waals surface area (Å²) in [4.78, 5) is 21.3. The van der Waals surface area contributed by atoms with Crippen molar-refractivity contribution in [3.8, 4) is 0 Å². The fourth-order valence-electron chi connectivity index (χ4n) is 2.48. The minimum absolute atomic E-state index is 0.158. The quantitative estimate of drug-likeness (QED) is 0.528. The van der Waals surface area contributed by atoms with Gasteiger partial charge in [-0.1, -0.05) is 6.07 Å². The first-order valence-electron chi connectivity index (χ1n) is 8.66. The van der Waals surface area contributed by atoms with Crippen molar-refractivity contribution in [2.24, 2.45) is 0 Å². The van der Waals surface area contributed by atoms with Crippen molar-refractivity contribution in [2.75, 3.05) is 11.9 Å². The molecule has 9 heteroatoms. The van der Waals surface area contributed by atoms with E-state index in [4.69, 9.17) is 0 Å². The van der Waals surface area contributed by atoms with Crippen molar-refractivity contribution in [2.45, 2.75) is 23.1 Å². The van der Waals surface area contributed by atoms with Gasteiger partial charge in [0.25, 0.3) is 0 Å². The molecule has 1 atom stereocenters. The van der Waals surface area contributed by atoms with Crippen LogP contribution in [0.4, 0.5) is 19.3 Å². The Labute approximate surface area is 170 Å². The summed E-state index contributed by atoms with van der Waals surface area (Å²) in [5.41, 5.74) is 1.61. The molecule has 2 aromatic carbocycles. The number of amides is 2. The molecule has 1 heterocycles. The fraction of sp³-hybridized carbons (Fsp3) is 0.150. The first kappa shape index (κ1) is 20.7. The lowest BCUT2D eigenvalue weighted by Crippen LogP contribution is -2.32. The van der Waals surface area contributed by atoms with Crippen LogP contribution in [-0.2, 0) is 0 Å². The van der Waals surface area contributed by atoms with E-state index < -0.39 is 23.8 Å². The number of aliphatic hydroxyl groups is 1. The minimum atomic E-state index is -1.17. The summed E-state index contributed by atoms with van der Waals surface area (Å²) in [5, 5.41) is 15.9. The molecule has 0 bridgehead atoms. The van der Waals surface area contributed by atoms with Crippen molar-refractivity contribution in [1.29, 1.82) is 0 Å². The van der Waals surface area contributed by atoms with E-state index in [0.29, 0.717) is 10.8 Å². The zero-order chi connectivity index (χ0) is 20.8. The van der Waals surface area contributed by atoms with Crippen LogP contribution in [0.1, 0.15) is 17.2 Å². The molecule has 1 aromatic heterocycles. The van der Waals surface area contributed by atoms with E-state index in [2.05, 4.69) is 20.6 Å². The molecule has 0 fully saturated rings. The van der Waals surface area contributed by atoms with Crippen molar-refractivity contribution < 1.29 is 18.7 Å². The third kappa shape index (κ3) is 5.72. The van der Waals surface area contributed by atoms with E-state index in [9.17, 15) is 18.7 Å². The van der Waals surface area contributed by atoms with Gasteiger partial charge in [-0.2, -0.15) is 0 Å². The number of hydrogen-bond acceptors (Lipinski definition) is 5. The number of halogens is 2. The van der Waals surface area contributed by atoms with Crippen LogP contribution in [0.25, 0.3) is 0 Å². The van der Waals surface area contributed by atoms with Crippen LogP contribution in [0.5, 0.6) is 0 Å². The maximum absolute atomic E-state index is 13.2. The molecular formula is C20H18F2N4O2S. The number of anilines is 1. The molecule has 0 aliphatic heterocycles. The Balaban J connectivity index is 1.55. The second kappa shape index (κ2) is 9.44. The molecular weight excluding hydrogens is 398 g/mol. The Bertz CT molecular complexity index is 1010. The molecule has 0 spiro atoms. The van der Waals surface area contributed by atoms with E-state index in [1.54, 1.807) is 24.5 Å². The summed E-state index contributed by atoms with van der Waals surface area (Å²) < 4.78 is 26.2. The molecule has 150 valence electrons. The van der Waals surface area contributed by atoms with Gasteiger partial charge in [-0.05, 0) is 66.2 Å². The van der Waals surface area contributed by atoms with E-state index in [1.165, 1.54) is 17.8 Å². The molecule has 2 amide bonds. The third-order valence-corrected chi connectivity index (χ3v) is 4.86. The van der Waals surface area contributed by atoms with Gasteiger partial charge in [0.05, 0.1) is 6.10 Å². The lowest BCUT2D eigenvalue weighted by atomic mass is 10.1. The van der Waals surface area contributed by atoms with Crippen LogP contribution in [0, 0.1) is 18.6 Å². The number of aromatic nitrogens is 2. The van der Waals surface area contributed by atoms with Gasteiger partial charge in [0.15, 0.2) is 16.8 Å². The molecule has 0 aliphatic carbocycles. The highest BCUT2D eigenvalue weighted by Gasteiger charge is 2.13. The molecule has 0 saturated carbocycles. The number of carbonyl (C=O) groups excluding carboxylic acids is 1. The Morgan fingerprint density at radius 1 is 1.14 bits per heavy atom. The van der Waals surface area contributed by atoms with E-state index in [0.717, 1.165) is 22.6 Å². The number of benzene rings is 2. The highest BCUT2D eigenvalue weighted by molar-refractivity contribution is 7.99. The molecule has 6 nitrogen and oxygen atoms in total. The van der Waals surface area contributed by atoms with Crippen molar-refractivity contribution in [3.05, 3.63) is 77.6 Å². The molecule has 0 aliphatic rings. The molecule has 3 aromatic rings. The minimum Gasteiger partial charge on any atom is -0.387 e. The lowest BCUT2D eigenvalue weighted by molar-refractivity contribution is 0.174. The number of carbonyl (C=O) groups is 1. The predicted octanol–water partition coefficient (Wildman–Crippen LogP) is 4.07. The van der Waals surface area contributed by atoms with E-state index in [-0.39, 0.29) is 12.1 Å². The maximum Gasteiger partial charge on any atom is 0.319 e. The first-order valence-corrected chi connectivity index (χ1v) is 9.47. The summed E-state index contributed by atoms with van der Waals surface area (Å²) in [6, 6.07) is 9.79. The SMILES string of the molecule is Cc1cc(Sc2ncccn2)ccc1NC(=O)NCC(O)c1ccc(F)c(F)c1. The van der Waals surface area contributed by atoms with Crippen LogP contribution in [-0.4, -0.2) is 27.7 Å². The van der Waals surface area contributed by atoms with Crippen LogP contribution < -0.4 is 10.6 Å². The van der Waals surface area contributed by atoms with Crippen LogP contribution >= 0.6 is 11.8 Å². The first-order chi connectivity index (χ1) is 13.9. The average Bonchev–Trinajstić information content (AvgIpc) is 2.71. The molecule has 3 N–H and O–H groups in total. The van der Waals surface area contributed by atoms with Gasteiger partial charge >= 0.3 is 6.03 Å². The topological polar surface area (TPSA) is 87.1 Å². The van der Waals surface area contributed by atoms with Crippen molar-refractivity contribution >= 4 is 23.5 Å². The largest absolute Gasteiger partial charge is 0.387 e. The standard InChI is InChI=1S/C20H18F2N4O2S/c1-12-9-14(29-20-23-7-2-8-24-20)4-6-17(12)26-19(28)25-11-18(27)13-3-5-15(21)16(22)10-13/h2-10,18,27H,11H2,1H3,(H2,25,26,28). The highest BCUT2D eigenvalue weighted by Crippen LogP contribution is 2.27. The molecule has 29 heavy (non-hydrogen) atoms. The summed E-state index contributed by atoms with van der Waals surface area (Å²) in [6.07, 6.45) is 2.16. The summed E-state index contributed by atoms with van der Waals surface area (Å²) >= 11 is 1.40. The number of nitrogens with zero attached hydrogens (tertiary/aromatic N) is 2. The zero-order valence-electron chi connectivity index (χ0n) is 15.4. The van der Waals surface area contributed by atoms with Gasteiger partial charge in [-0.3, -0.25) is 0 Å². The fourth-order valence-corrected chi connectivity index (χ4v) is 3.29. The number of aliphatic hydroxyl groups excluding tert-OH is 1. The second-order valence-corrected chi connectivity index (χ2v) is 7.18. The zero-order valence-corrected chi connectivity index (χ0v) is 16.2. The Morgan fingerprint density at radius 3 is 2.59 bits per heavy atom. The van der Waals surface area contributed by atoms with Crippen LogP contribution in [0.3, 0.4) is 0 Å². The number of aryl methyl sites for hydroxylation is 1. The Kier molecular flexibility index (Phi) is 6.73. The molecule has 1 unspecified atom stereocenters. The van der Waals surface area contributed by atoms with E-state index in [1.807, 2.05) is 19.1 Å². The van der Waals surface area contributed by atoms with Crippen molar-refractivity contribution in [1.82, 2.24) is 15.3 Å². The predicted molar refractivity (Wildman–Crippen MR) is 106 cm³/mol. The van der Waals surface area contributed by atoms with Crippen molar-refractivity contribution in [3.63, 3.8) is 0 Å². The third-order valence-electron chi connectivity index (χ3n) is 3.98. The van der Waals surface area contributed by atoms with Gasteiger partial charge in [0, 0.05) is 29.5 Å². The van der Waals surface area contributed by atoms with Crippen LogP contribution in [0.2, 0.25) is 0 Å². The number of nitrogens with one attached hydrogen (secondary N) is 2. The molecule has 0 radical (unpaired) electrons.